The maximum atomic E-state index is 11.2. The number of nitrogens with zero attached hydrogens (tertiary/aromatic N) is 1. The van der Waals surface area contributed by atoms with Crippen molar-refractivity contribution in [2.75, 3.05) is 0 Å². The summed E-state index contributed by atoms with van der Waals surface area (Å²) in [5, 5.41) is 15.4. The Bertz CT molecular complexity index is 400. The zero-order valence-corrected chi connectivity index (χ0v) is 10.3. The fourth-order valence-electron chi connectivity index (χ4n) is 1.82. The molecule has 1 unspecified atom stereocenters. The monoisotopic (exact) mass is 240 g/mol. The van der Waals surface area contributed by atoms with Gasteiger partial charge in [0, 0.05) is 11.9 Å². The van der Waals surface area contributed by atoms with Crippen LogP contribution in [0.1, 0.15) is 30.5 Å². The fourth-order valence-corrected chi connectivity index (χ4v) is 2.43. The number of aryl methyl sites for hydroxylation is 1. The molecule has 16 heavy (non-hydrogen) atoms. The molecule has 1 aliphatic rings. The topological polar surface area (TPSA) is 62.2 Å². The first-order valence-electron chi connectivity index (χ1n) is 5.42. The van der Waals surface area contributed by atoms with Crippen molar-refractivity contribution in [2.45, 2.75) is 38.8 Å². The van der Waals surface area contributed by atoms with Crippen LogP contribution < -0.4 is 5.32 Å². The lowest BCUT2D eigenvalue weighted by molar-refractivity contribution is -0.145. The molecule has 0 aliphatic heterocycles. The van der Waals surface area contributed by atoms with Crippen LogP contribution in [0.15, 0.2) is 5.38 Å². The Balaban J connectivity index is 1.99. The maximum absolute atomic E-state index is 11.2. The average molecular weight is 240 g/mol. The molecular formula is C11H16N2O2S. The molecule has 2 N–H and O–H groups in total. The summed E-state index contributed by atoms with van der Waals surface area (Å²) in [4.78, 5) is 15.6. The fraction of sp³-hybridized carbons (Fsp3) is 0.636. The highest BCUT2D eigenvalue weighted by atomic mass is 32.1. The maximum Gasteiger partial charge on any atom is 0.323 e. The quantitative estimate of drug-likeness (QED) is 0.823. The number of aliphatic carboxylic acids is 1. The standard InChI is InChI=1S/C11H16N2O2S/c1-7-13-9(6-16-7)5-12-11(2,10(14)15)8-3-4-8/h6,8,12H,3-5H2,1-2H3,(H,14,15). The minimum absolute atomic E-state index is 0.268. The number of hydrogen-bond donors (Lipinski definition) is 2. The second-order valence-corrected chi connectivity index (χ2v) is 5.56. The Labute approximate surface area is 98.7 Å². The van der Waals surface area contributed by atoms with Crippen molar-refractivity contribution in [3.05, 3.63) is 16.1 Å². The third kappa shape index (κ3) is 2.25. The van der Waals surface area contributed by atoms with Crippen molar-refractivity contribution >= 4 is 17.3 Å². The predicted octanol–water partition coefficient (Wildman–Crippen LogP) is 1.79. The van der Waals surface area contributed by atoms with Gasteiger partial charge in [0.15, 0.2) is 0 Å². The van der Waals surface area contributed by atoms with Gasteiger partial charge in [-0.3, -0.25) is 10.1 Å². The van der Waals surface area contributed by atoms with Crippen molar-refractivity contribution in [1.82, 2.24) is 10.3 Å². The van der Waals surface area contributed by atoms with E-state index in [1.165, 1.54) is 0 Å². The molecule has 1 saturated carbocycles. The van der Waals surface area contributed by atoms with Gasteiger partial charge in [0.1, 0.15) is 5.54 Å². The molecule has 1 heterocycles. The smallest absolute Gasteiger partial charge is 0.323 e. The van der Waals surface area contributed by atoms with Crippen molar-refractivity contribution < 1.29 is 9.90 Å². The van der Waals surface area contributed by atoms with Gasteiger partial charge in [0.2, 0.25) is 0 Å². The number of carboxylic acid groups (broad SMARTS) is 1. The number of thiazole rings is 1. The third-order valence-corrected chi connectivity index (χ3v) is 3.96. The number of carbonyl (C=O) groups is 1. The van der Waals surface area contributed by atoms with Crippen LogP contribution in [0, 0.1) is 12.8 Å². The van der Waals surface area contributed by atoms with Crippen LogP contribution in [-0.4, -0.2) is 21.6 Å². The molecule has 1 aliphatic carbocycles. The lowest BCUT2D eigenvalue weighted by Gasteiger charge is -2.25. The Morgan fingerprint density at radius 3 is 2.88 bits per heavy atom. The van der Waals surface area contributed by atoms with Gasteiger partial charge in [-0.15, -0.1) is 11.3 Å². The van der Waals surface area contributed by atoms with Crippen molar-refractivity contribution in [1.29, 1.82) is 0 Å². The highest BCUT2D eigenvalue weighted by molar-refractivity contribution is 7.09. The van der Waals surface area contributed by atoms with Gasteiger partial charge in [0.25, 0.3) is 0 Å². The summed E-state index contributed by atoms with van der Waals surface area (Å²) in [6.45, 7) is 4.25. The van der Waals surface area contributed by atoms with Gasteiger partial charge in [-0.2, -0.15) is 0 Å². The largest absolute Gasteiger partial charge is 0.480 e. The van der Waals surface area contributed by atoms with Gasteiger partial charge < -0.3 is 5.11 Å². The van der Waals surface area contributed by atoms with E-state index in [0.717, 1.165) is 23.5 Å². The van der Waals surface area contributed by atoms with Crippen LogP contribution in [-0.2, 0) is 11.3 Å². The molecule has 0 amide bonds. The minimum Gasteiger partial charge on any atom is -0.480 e. The molecule has 1 aromatic heterocycles. The molecule has 88 valence electrons. The van der Waals surface area contributed by atoms with E-state index < -0.39 is 11.5 Å². The van der Waals surface area contributed by atoms with Gasteiger partial charge >= 0.3 is 5.97 Å². The predicted molar refractivity (Wildman–Crippen MR) is 62.5 cm³/mol. The summed E-state index contributed by atoms with van der Waals surface area (Å²) in [6, 6.07) is 0. The molecule has 0 saturated heterocycles. The Hall–Kier alpha value is -0.940. The molecular weight excluding hydrogens is 224 g/mol. The first kappa shape index (κ1) is 11.5. The number of hydrogen-bond acceptors (Lipinski definition) is 4. The molecule has 0 aromatic carbocycles. The van der Waals surface area contributed by atoms with Gasteiger partial charge in [-0.05, 0) is 32.6 Å². The minimum atomic E-state index is -0.794. The van der Waals surface area contributed by atoms with Gasteiger partial charge in [-0.25, -0.2) is 4.98 Å². The molecule has 5 heteroatoms. The van der Waals surface area contributed by atoms with Crippen LogP contribution in [0.2, 0.25) is 0 Å². The molecule has 1 aromatic rings. The Morgan fingerprint density at radius 1 is 1.75 bits per heavy atom. The normalized spacial score (nSPS) is 19.4. The van der Waals surface area contributed by atoms with Crippen molar-refractivity contribution in [3.63, 3.8) is 0 Å². The zero-order chi connectivity index (χ0) is 11.8. The van der Waals surface area contributed by atoms with Crippen LogP contribution in [0.25, 0.3) is 0 Å². The van der Waals surface area contributed by atoms with Crippen molar-refractivity contribution in [2.24, 2.45) is 5.92 Å². The molecule has 0 bridgehead atoms. The SMILES string of the molecule is Cc1nc(CNC(C)(C(=O)O)C2CC2)cs1. The van der Waals surface area contributed by atoms with E-state index in [1.54, 1.807) is 18.3 Å². The van der Waals surface area contributed by atoms with Gasteiger partial charge in [-0.1, -0.05) is 0 Å². The lowest BCUT2D eigenvalue weighted by Crippen LogP contribution is -2.51. The third-order valence-electron chi connectivity index (χ3n) is 3.14. The summed E-state index contributed by atoms with van der Waals surface area (Å²) in [7, 11) is 0. The molecule has 0 radical (unpaired) electrons. The molecule has 4 nitrogen and oxygen atoms in total. The zero-order valence-electron chi connectivity index (χ0n) is 9.49. The highest BCUT2D eigenvalue weighted by Crippen LogP contribution is 2.39. The van der Waals surface area contributed by atoms with E-state index in [9.17, 15) is 9.90 Å². The molecule has 0 spiro atoms. The number of nitrogens with one attached hydrogen (secondary N) is 1. The highest BCUT2D eigenvalue weighted by Gasteiger charge is 2.47. The van der Waals surface area contributed by atoms with Crippen LogP contribution >= 0.6 is 11.3 Å². The van der Waals surface area contributed by atoms with Crippen molar-refractivity contribution in [3.8, 4) is 0 Å². The number of rotatable bonds is 5. The van der Waals surface area contributed by atoms with E-state index in [4.69, 9.17) is 0 Å². The van der Waals surface area contributed by atoms with E-state index in [0.29, 0.717) is 6.54 Å². The first-order valence-corrected chi connectivity index (χ1v) is 6.30. The van der Waals surface area contributed by atoms with E-state index >= 15 is 0 Å². The second kappa shape index (κ2) is 4.14. The Kier molecular flexibility index (Phi) is 2.99. The Morgan fingerprint density at radius 2 is 2.44 bits per heavy atom. The average Bonchev–Trinajstić information content (AvgIpc) is 2.99. The first-order chi connectivity index (χ1) is 7.52. The second-order valence-electron chi connectivity index (χ2n) is 4.49. The molecule has 2 rings (SSSR count). The summed E-state index contributed by atoms with van der Waals surface area (Å²) in [5.41, 5.74) is 0.132. The summed E-state index contributed by atoms with van der Waals surface area (Å²) < 4.78 is 0. The van der Waals surface area contributed by atoms with Crippen LogP contribution in [0.4, 0.5) is 0 Å². The number of aromatic nitrogens is 1. The molecule has 1 fully saturated rings. The van der Waals surface area contributed by atoms with Crippen LogP contribution in [0.3, 0.4) is 0 Å². The van der Waals surface area contributed by atoms with Crippen LogP contribution in [0.5, 0.6) is 0 Å². The van der Waals surface area contributed by atoms with E-state index in [-0.39, 0.29) is 5.92 Å². The number of carboxylic acids is 1. The van der Waals surface area contributed by atoms with E-state index in [2.05, 4.69) is 10.3 Å². The summed E-state index contributed by atoms with van der Waals surface area (Å²) in [5.74, 6) is -0.494. The summed E-state index contributed by atoms with van der Waals surface area (Å²) >= 11 is 1.59. The molecule has 1 atom stereocenters. The van der Waals surface area contributed by atoms with E-state index in [1.807, 2.05) is 12.3 Å². The van der Waals surface area contributed by atoms with Gasteiger partial charge in [0.05, 0.1) is 10.7 Å². The summed E-state index contributed by atoms with van der Waals surface area (Å²) in [6.07, 6.45) is 2.01. The lowest BCUT2D eigenvalue weighted by atomic mass is 9.96.